The first kappa shape index (κ1) is 18.2. The molecule has 148 valence electrons. The van der Waals surface area contributed by atoms with Crippen molar-refractivity contribution in [2.45, 2.75) is 37.4 Å². The second kappa shape index (κ2) is 7.22. The van der Waals surface area contributed by atoms with Crippen LogP contribution in [-0.4, -0.2) is 43.9 Å². The van der Waals surface area contributed by atoms with Crippen molar-refractivity contribution in [3.05, 3.63) is 59.0 Å². The zero-order valence-electron chi connectivity index (χ0n) is 15.3. The van der Waals surface area contributed by atoms with Crippen LogP contribution in [-0.2, 0) is 0 Å². The summed E-state index contributed by atoms with van der Waals surface area (Å²) in [5, 5.41) is 3.40. The Morgan fingerprint density at radius 1 is 1.24 bits per heavy atom. The van der Waals surface area contributed by atoms with Crippen molar-refractivity contribution in [2.75, 3.05) is 5.32 Å². The molecule has 29 heavy (non-hydrogen) atoms. The third-order valence-electron chi connectivity index (χ3n) is 5.62. The normalized spacial score (nSPS) is 22.8. The van der Waals surface area contributed by atoms with Crippen LogP contribution < -0.4 is 5.32 Å². The van der Waals surface area contributed by atoms with Crippen molar-refractivity contribution in [1.29, 1.82) is 0 Å². The lowest BCUT2D eigenvalue weighted by Crippen LogP contribution is -2.40. The number of halogens is 2. The molecular formula is C20H17BrFN5O2. The number of fused-ring (bicyclic) bond motifs is 2. The average molecular weight is 458 g/mol. The molecule has 3 aromatic rings. The van der Waals surface area contributed by atoms with Crippen molar-refractivity contribution < 1.29 is 13.6 Å². The Morgan fingerprint density at radius 2 is 2.14 bits per heavy atom. The number of carbonyl (C=O) groups excluding carboxylic acids is 1. The van der Waals surface area contributed by atoms with E-state index in [1.807, 2.05) is 4.90 Å². The summed E-state index contributed by atoms with van der Waals surface area (Å²) in [6.07, 6.45) is 8.75. The van der Waals surface area contributed by atoms with Gasteiger partial charge >= 0.3 is 0 Å². The Balaban J connectivity index is 1.43. The van der Waals surface area contributed by atoms with Crippen LogP contribution >= 0.6 is 15.9 Å². The van der Waals surface area contributed by atoms with Gasteiger partial charge in [0.2, 0.25) is 5.89 Å². The lowest BCUT2D eigenvalue weighted by Gasteiger charge is -2.26. The number of rotatable bonds is 4. The number of aromatic nitrogens is 3. The van der Waals surface area contributed by atoms with Crippen molar-refractivity contribution in [1.82, 2.24) is 19.9 Å². The Kier molecular flexibility index (Phi) is 4.54. The zero-order valence-corrected chi connectivity index (χ0v) is 16.8. The Morgan fingerprint density at radius 3 is 2.90 bits per heavy atom. The largest absolute Gasteiger partial charge is 0.444 e. The van der Waals surface area contributed by atoms with Gasteiger partial charge in [-0.1, -0.05) is 6.07 Å². The molecule has 9 heteroatoms. The zero-order chi connectivity index (χ0) is 20.0. The second-order valence-electron chi connectivity index (χ2n) is 7.22. The lowest BCUT2D eigenvalue weighted by molar-refractivity contribution is 0.0727. The predicted octanol–water partition coefficient (Wildman–Crippen LogP) is 3.89. The predicted molar refractivity (Wildman–Crippen MR) is 107 cm³/mol. The number of oxazole rings is 1. The lowest BCUT2D eigenvalue weighted by atomic mass is 9.95. The fraction of sp³-hybridized carbons (Fsp3) is 0.300. The van der Waals surface area contributed by atoms with Crippen molar-refractivity contribution >= 4 is 27.7 Å². The van der Waals surface area contributed by atoms with E-state index in [9.17, 15) is 9.18 Å². The van der Waals surface area contributed by atoms with Crippen molar-refractivity contribution in [2.24, 2.45) is 0 Å². The van der Waals surface area contributed by atoms with E-state index in [2.05, 4.69) is 36.2 Å². The summed E-state index contributed by atoms with van der Waals surface area (Å²) >= 11 is 3.28. The van der Waals surface area contributed by atoms with E-state index < -0.39 is 5.82 Å². The Bertz CT molecular complexity index is 1040. The summed E-state index contributed by atoms with van der Waals surface area (Å²) in [7, 11) is 0. The van der Waals surface area contributed by atoms with Crippen molar-refractivity contribution in [3.63, 3.8) is 0 Å². The van der Waals surface area contributed by atoms with Gasteiger partial charge in [-0.15, -0.1) is 0 Å². The van der Waals surface area contributed by atoms with Crippen LogP contribution in [0.15, 0.2) is 52.1 Å². The van der Waals surface area contributed by atoms with E-state index in [-0.39, 0.29) is 41.1 Å². The number of benzene rings is 1. The van der Waals surface area contributed by atoms with Gasteiger partial charge < -0.3 is 14.6 Å². The number of amides is 1. The van der Waals surface area contributed by atoms with Crippen molar-refractivity contribution in [3.8, 4) is 11.5 Å². The van der Waals surface area contributed by atoms with Gasteiger partial charge in [-0.25, -0.2) is 19.3 Å². The number of nitrogens with one attached hydrogen (secondary N) is 1. The van der Waals surface area contributed by atoms with Crippen LogP contribution in [0.5, 0.6) is 0 Å². The summed E-state index contributed by atoms with van der Waals surface area (Å²) in [6.45, 7) is 0. The van der Waals surface area contributed by atoms with Crippen LogP contribution in [0.1, 0.15) is 29.6 Å². The molecule has 1 N–H and O–H groups in total. The van der Waals surface area contributed by atoms with E-state index in [4.69, 9.17) is 4.42 Å². The molecule has 2 aromatic heterocycles. The summed E-state index contributed by atoms with van der Waals surface area (Å²) < 4.78 is 20.5. The van der Waals surface area contributed by atoms with E-state index in [1.165, 1.54) is 18.5 Å². The smallest absolute Gasteiger partial charge is 0.255 e. The molecular weight excluding hydrogens is 441 g/mol. The molecule has 3 atom stereocenters. The number of hydrogen-bond donors (Lipinski definition) is 1. The summed E-state index contributed by atoms with van der Waals surface area (Å²) in [5.74, 6) is 0.0585. The molecule has 0 spiro atoms. The fourth-order valence-electron chi connectivity index (χ4n) is 4.44. The van der Waals surface area contributed by atoms with E-state index >= 15 is 0 Å². The third-order valence-corrected chi connectivity index (χ3v) is 6.02. The molecule has 5 rings (SSSR count). The maximum absolute atomic E-state index is 14.6. The van der Waals surface area contributed by atoms with Gasteiger partial charge in [-0.05, 0) is 47.3 Å². The number of anilines is 1. The Hall–Kier alpha value is -2.81. The molecule has 0 aliphatic carbocycles. The number of nitrogens with zero attached hydrogens (tertiary/aromatic N) is 4. The summed E-state index contributed by atoms with van der Waals surface area (Å²) in [6, 6.07) is 4.68. The summed E-state index contributed by atoms with van der Waals surface area (Å²) in [5.41, 5.74) is 0.380. The van der Waals surface area contributed by atoms with Gasteiger partial charge in [0, 0.05) is 6.04 Å². The molecule has 2 aliphatic heterocycles. The van der Waals surface area contributed by atoms with E-state index in [0.717, 1.165) is 19.3 Å². The van der Waals surface area contributed by atoms with Gasteiger partial charge in [0.25, 0.3) is 5.91 Å². The molecule has 4 heterocycles. The van der Waals surface area contributed by atoms with Gasteiger partial charge in [0.15, 0.2) is 0 Å². The highest BCUT2D eigenvalue weighted by atomic mass is 79.9. The SMILES string of the molecule is O=C(c1cccc(F)c1-c1ncco1)N1C2CCC1C(Nc1cnc(Br)cn1)C2. The molecule has 2 fully saturated rings. The molecule has 2 bridgehead atoms. The highest BCUT2D eigenvalue weighted by Gasteiger charge is 2.49. The first-order valence-electron chi connectivity index (χ1n) is 9.37. The minimum atomic E-state index is -0.523. The van der Waals surface area contributed by atoms with Gasteiger partial charge in [-0.3, -0.25) is 4.79 Å². The fourth-order valence-corrected chi connectivity index (χ4v) is 4.65. The van der Waals surface area contributed by atoms with Crippen LogP contribution in [0, 0.1) is 5.82 Å². The quantitative estimate of drug-likeness (QED) is 0.639. The van der Waals surface area contributed by atoms with Crippen LogP contribution in [0.2, 0.25) is 0 Å². The van der Waals surface area contributed by atoms with Crippen LogP contribution in [0.3, 0.4) is 0 Å². The average Bonchev–Trinajstić information content (AvgIpc) is 3.45. The summed E-state index contributed by atoms with van der Waals surface area (Å²) in [4.78, 5) is 27.9. The third kappa shape index (κ3) is 3.19. The van der Waals surface area contributed by atoms with Gasteiger partial charge in [-0.2, -0.15) is 0 Å². The minimum absolute atomic E-state index is 0.0126. The van der Waals surface area contributed by atoms with Crippen LogP contribution in [0.4, 0.5) is 10.2 Å². The van der Waals surface area contributed by atoms with E-state index in [1.54, 1.807) is 24.5 Å². The van der Waals surface area contributed by atoms with Gasteiger partial charge in [0.05, 0.1) is 41.8 Å². The number of carbonyl (C=O) groups is 1. The highest BCUT2D eigenvalue weighted by Crippen LogP contribution is 2.41. The maximum atomic E-state index is 14.6. The minimum Gasteiger partial charge on any atom is -0.444 e. The number of hydrogen-bond acceptors (Lipinski definition) is 6. The highest BCUT2D eigenvalue weighted by molar-refractivity contribution is 9.10. The van der Waals surface area contributed by atoms with Crippen LogP contribution in [0.25, 0.3) is 11.5 Å². The molecule has 2 aliphatic rings. The molecule has 0 saturated carbocycles. The molecule has 1 aromatic carbocycles. The molecule has 2 saturated heterocycles. The molecule has 3 unspecified atom stereocenters. The molecule has 7 nitrogen and oxygen atoms in total. The van der Waals surface area contributed by atoms with E-state index in [0.29, 0.717) is 10.4 Å². The maximum Gasteiger partial charge on any atom is 0.255 e. The molecule has 1 amide bonds. The molecule has 0 radical (unpaired) electrons. The van der Waals surface area contributed by atoms with Gasteiger partial charge in [0.1, 0.15) is 22.5 Å². The first-order valence-corrected chi connectivity index (χ1v) is 10.2. The second-order valence-corrected chi connectivity index (χ2v) is 8.03. The Labute approximate surface area is 174 Å². The topological polar surface area (TPSA) is 84.2 Å². The first-order chi connectivity index (χ1) is 14.1. The monoisotopic (exact) mass is 457 g/mol. The standard InChI is InChI=1S/C20H17BrFN5O2/c21-16-9-25-17(10-24-16)26-14-8-11-4-5-15(14)27(11)20(28)12-2-1-3-13(22)18(12)19-23-6-7-29-19/h1-3,6-7,9-11,14-15H,4-5,8H2,(H,25,26).